The molecule has 0 aliphatic rings. The van der Waals surface area contributed by atoms with E-state index in [9.17, 15) is 9.59 Å². The highest BCUT2D eigenvalue weighted by Crippen LogP contribution is 2.33. The van der Waals surface area contributed by atoms with Gasteiger partial charge in [-0.1, -0.05) is 23.2 Å². The monoisotopic (exact) mass is 381 g/mol. The number of amides is 2. The summed E-state index contributed by atoms with van der Waals surface area (Å²) in [6, 6.07) is 6.56. The van der Waals surface area contributed by atoms with Gasteiger partial charge in [0.1, 0.15) is 0 Å². The number of ether oxygens (including phenoxy) is 1. The van der Waals surface area contributed by atoms with E-state index in [1.807, 2.05) is 12.1 Å². The number of hydrogen-bond donors (Lipinski definition) is 2. The number of halogens is 2. The molecule has 2 aromatic rings. The lowest BCUT2D eigenvalue weighted by Crippen LogP contribution is -2.30. The van der Waals surface area contributed by atoms with Gasteiger partial charge in [-0.3, -0.25) is 14.6 Å². The van der Waals surface area contributed by atoms with Crippen molar-refractivity contribution in [2.45, 2.75) is 13.0 Å². The fourth-order valence-corrected chi connectivity index (χ4v) is 2.71. The third-order valence-corrected chi connectivity index (χ3v) is 3.90. The van der Waals surface area contributed by atoms with Gasteiger partial charge in [-0.2, -0.15) is 0 Å². The minimum atomic E-state index is -0.367. The summed E-state index contributed by atoms with van der Waals surface area (Å²) in [6.07, 6.45) is 3.48. The first-order valence-electron chi connectivity index (χ1n) is 7.48. The number of methoxy groups -OCH3 is 1. The smallest absolute Gasteiger partial charge is 0.251 e. The van der Waals surface area contributed by atoms with E-state index < -0.39 is 0 Å². The number of benzene rings is 1. The van der Waals surface area contributed by atoms with E-state index in [0.717, 1.165) is 5.56 Å². The number of carbonyl (C=O) groups excluding carboxylic acids is 2. The molecule has 0 atom stereocenters. The first-order chi connectivity index (χ1) is 12.0. The number of carbonyl (C=O) groups is 2. The summed E-state index contributed by atoms with van der Waals surface area (Å²) in [7, 11) is 1.44. The molecule has 1 heterocycles. The number of rotatable bonds is 7. The van der Waals surface area contributed by atoms with E-state index in [1.165, 1.54) is 19.2 Å². The molecule has 25 heavy (non-hydrogen) atoms. The number of nitrogens with one attached hydrogen (secondary N) is 2. The molecule has 2 amide bonds. The molecule has 0 fully saturated rings. The molecule has 132 valence electrons. The molecule has 6 nitrogen and oxygen atoms in total. The van der Waals surface area contributed by atoms with Crippen molar-refractivity contribution in [3.8, 4) is 5.75 Å². The molecule has 0 saturated carbocycles. The highest BCUT2D eigenvalue weighted by molar-refractivity contribution is 6.37. The molecule has 0 aliphatic carbocycles. The summed E-state index contributed by atoms with van der Waals surface area (Å²) >= 11 is 12.0. The van der Waals surface area contributed by atoms with Crippen molar-refractivity contribution in [2.75, 3.05) is 13.7 Å². The van der Waals surface area contributed by atoms with E-state index in [4.69, 9.17) is 27.9 Å². The molecule has 0 spiro atoms. The fraction of sp³-hybridized carbons (Fsp3) is 0.235. The van der Waals surface area contributed by atoms with E-state index >= 15 is 0 Å². The van der Waals surface area contributed by atoms with Crippen LogP contribution >= 0.6 is 23.2 Å². The predicted molar refractivity (Wildman–Crippen MR) is 96.0 cm³/mol. The Morgan fingerprint density at radius 2 is 1.76 bits per heavy atom. The van der Waals surface area contributed by atoms with Crippen LogP contribution in [0.1, 0.15) is 22.3 Å². The number of nitrogens with zero attached hydrogens (tertiary/aromatic N) is 1. The van der Waals surface area contributed by atoms with Crippen molar-refractivity contribution in [3.05, 3.63) is 57.8 Å². The fourth-order valence-electron chi connectivity index (χ4n) is 2.07. The normalized spacial score (nSPS) is 10.2. The minimum Gasteiger partial charge on any atom is -0.494 e. The van der Waals surface area contributed by atoms with Crippen LogP contribution in [0.4, 0.5) is 0 Å². The second-order valence-corrected chi connectivity index (χ2v) is 5.93. The maximum absolute atomic E-state index is 12.1. The molecule has 0 unspecified atom stereocenters. The van der Waals surface area contributed by atoms with Gasteiger partial charge in [0.05, 0.1) is 17.2 Å². The molecule has 8 heteroatoms. The zero-order valence-corrected chi connectivity index (χ0v) is 15.0. The van der Waals surface area contributed by atoms with E-state index in [2.05, 4.69) is 15.6 Å². The topological polar surface area (TPSA) is 80.3 Å². The molecule has 2 N–H and O–H groups in total. The molecule has 0 radical (unpaired) electrons. The second kappa shape index (κ2) is 9.25. The highest BCUT2D eigenvalue weighted by atomic mass is 35.5. The maximum atomic E-state index is 12.1. The van der Waals surface area contributed by atoms with Gasteiger partial charge in [0.25, 0.3) is 5.91 Å². The van der Waals surface area contributed by atoms with Crippen LogP contribution in [0.25, 0.3) is 0 Å². The second-order valence-electron chi connectivity index (χ2n) is 5.11. The summed E-state index contributed by atoms with van der Waals surface area (Å²) < 4.78 is 5.03. The average molecular weight is 382 g/mol. The van der Waals surface area contributed by atoms with Crippen molar-refractivity contribution >= 4 is 35.0 Å². The first-order valence-corrected chi connectivity index (χ1v) is 8.23. The summed E-state index contributed by atoms with van der Waals surface area (Å²) in [5, 5.41) is 5.91. The number of aromatic nitrogens is 1. The molecule has 1 aromatic carbocycles. The SMILES string of the molecule is COc1c(Cl)cc(C(=O)NCCC(=O)NCc2ccncc2)cc1Cl. The van der Waals surface area contributed by atoms with Crippen molar-refractivity contribution in [2.24, 2.45) is 0 Å². The van der Waals surface area contributed by atoms with Crippen LogP contribution in [-0.4, -0.2) is 30.5 Å². The lowest BCUT2D eigenvalue weighted by atomic mass is 10.2. The van der Waals surface area contributed by atoms with Crippen LogP contribution < -0.4 is 15.4 Å². The highest BCUT2D eigenvalue weighted by Gasteiger charge is 2.13. The van der Waals surface area contributed by atoms with Crippen molar-refractivity contribution < 1.29 is 14.3 Å². The van der Waals surface area contributed by atoms with E-state index in [1.54, 1.807) is 12.4 Å². The summed E-state index contributed by atoms with van der Waals surface area (Å²) in [5.74, 6) is -0.216. The van der Waals surface area contributed by atoms with Crippen LogP contribution in [-0.2, 0) is 11.3 Å². The maximum Gasteiger partial charge on any atom is 0.251 e. The van der Waals surface area contributed by atoms with Gasteiger partial charge in [0.2, 0.25) is 5.91 Å². The van der Waals surface area contributed by atoms with Gasteiger partial charge in [-0.25, -0.2) is 0 Å². The number of hydrogen-bond acceptors (Lipinski definition) is 4. The Kier molecular flexibility index (Phi) is 7.03. The third-order valence-electron chi connectivity index (χ3n) is 3.34. The molecule has 0 saturated heterocycles. The largest absolute Gasteiger partial charge is 0.494 e. The van der Waals surface area contributed by atoms with Gasteiger partial charge >= 0.3 is 0 Å². The Labute approximate surface area is 155 Å². The minimum absolute atomic E-state index is 0.161. The zero-order valence-electron chi connectivity index (χ0n) is 13.5. The quantitative estimate of drug-likeness (QED) is 0.772. The van der Waals surface area contributed by atoms with E-state index in [0.29, 0.717) is 17.9 Å². The summed E-state index contributed by atoms with van der Waals surface area (Å²) in [4.78, 5) is 27.8. The Morgan fingerprint density at radius 3 is 2.36 bits per heavy atom. The summed E-state index contributed by atoms with van der Waals surface area (Å²) in [5.41, 5.74) is 1.25. The Hall–Kier alpha value is -2.31. The van der Waals surface area contributed by atoms with E-state index in [-0.39, 0.29) is 34.8 Å². The van der Waals surface area contributed by atoms with Gasteiger partial charge in [-0.15, -0.1) is 0 Å². The zero-order chi connectivity index (χ0) is 18.2. The Balaban J connectivity index is 1.79. The lowest BCUT2D eigenvalue weighted by molar-refractivity contribution is -0.121. The molecule has 0 aliphatic heterocycles. The summed E-state index contributed by atoms with van der Waals surface area (Å²) in [6.45, 7) is 0.612. The van der Waals surface area contributed by atoms with Crippen molar-refractivity contribution in [1.82, 2.24) is 15.6 Å². The standard InChI is InChI=1S/C17H17Cl2N3O3/c1-25-16-13(18)8-12(9-14(16)19)17(24)21-7-4-15(23)22-10-11-2-5-20-6-3-11/h2-3,5-6,8-9H,4,7,10H2,1H3,(H,21,24)(H,22,23). The third kappa shape index (κ3) is 5.62. The Bertz CT molecular complexity index is 731. The average Bonchev–Trinajstić information content (AvgIpc) is 2.60. The predicted octanol–water partition coefficient (Wildman–Crippen LogP) is 2.83. The molecule has 2 rings (SSSR count). The van der Waals surface area contributed by atoms with Gasteiger partial charge < -0.3 is 15.4 Å². The van der Waals surface area contributed by atoms with Crippen LogP contribution in [0.2, 0.25) is 10.0 Å². The first kappa shape index (κ1) is 19.0. The van der Waals surface area contributed by atoms with Crippen molar-refractivity contribution in [3.63, 3.8) is 0 Å². The Morgan fingerprint density at radius 1 is 1.12 bits per heavy atom. The molecule has 1 aromatic heterocycles. The van der Waals surface area contributed by atoms with Gasteiger partial charge in [0, 0.05) is 37.5 Å². The van der Waals surface area contributed by atoms with Gasteiger partial charge in [-0.05, 0) is 29.8 Å². The molecule has 0 bridgehead atoms. The lowest BCUT2D eigenvalue weighted by Gasteiger charge is -2.10. The number of pyridine rings is 1. The molecular weight excluding hydrogens is 365 g/mol. The van der Waals surface area contributed by atoms with Crippen LogP contribution in [0, 0.1) is 0 Å². The van der Waals surface area contributed by atoms with Crippen molar-refractivity contribution in [1.29, 1.82) is 0 Å². The van der Waals surface area contributed by atoms with Crippen LogP contribution in [0.3, 0.4) is 0 Å². The van der Waals surface area contributed by atoms with Gasteiger partial charge in [0.15, 0.2) is 5.75 Å². The van der Waals surface area contributed by atoms with Crippen LogP contribution in [0.5, 0.6) is 5.75 Å². The van der Waals surface area contributed by atoms with Crippen LogP contribution in [0.15, 0.2) is 36.7 Å². The molecular formula is C17H17Cl2N3O3.